The lowest BCUT2D eigenvalue weighted by atomic mass is 9.70. The van der Waals surface area contributed by atoms with Gasteiger partial charge in [0.2, 0.25) is 17.7 Å². The van der Waals surface area contributed by atoms with Crippen LogP contribution in [0.2, 0.25) is 0 Å². The molecule has 1 aromatic rings. The van der Waals surface area contributed by atoms with Crippen molar-refractivity contribution in [2.75, 3.05) is 11.9 Å². The van der Waals surface area contributed by atoms with E-state index in [1.807, 2.05) is 6.08 Å². The van der Waals surface area contributed by atoms with Crippen molar-refractivity contribution in [1.82, 2.24) is 4.90 Å². The molecule has 2 bridgehead atoms. The van der Waals surface area contributed by atoms with Gasteiger partial charge >= 0.3 is 0 Å². The highest BCUT2D eigenvalue weighted by Gasteiger charge is 2.61. The molecule has 0 spiro atoms. The molecule has 6 heteroatoms. The van der Waals surface area contributed by atoms with Crippen molar-refractivity contribution in [1.29, 1.82) is 0 Å². The molecule has 1 aromatic carbocycles. The van der Waals surface area contributed by atoms with Crippen molar-refractivity contribution < 1.29 is 14.4 Å². The number of halogens is 1. The Morgan fingerprint density at radius 2 is 1.55 bits per heavy atom. The van der Waals surface area contributed by atoms with Gasteiger partial charge in [-0.25, -0.2) is 4.90 Å². The third kappa shape index (κ3) is 1.61. The van der Waals surface area contributed by atoms with Gasteiger partial charge in [0, 0.05) is 11.5 Å². The fourth-order valence-electron chi connectivity index (χ4n) is 3.76. The molecule has 5 rings (SSSR count). The van der Waals surface area contributed by atoms with Crippen LogP contribution in [0.4, 0.5) is 5.69 Å². The van der Waals surface area contributed by atoms with Crippen LogP contribution in [0.15, 0.2) is 40.9 Å². The first kappa shape index (κ1) is 13.7. The van der Waals surface area contributed by atoms with Crippen molar-refractivity contribution in [2.24, 2.45) is 17.8 Å². The number of fused-ring (bicyclic) bond motifs is 1. The minimum atomic E-state index is -0.560. The van der Waals surface area contributed by atoms with Gasteiger partial charge in [-0.3, -0.25) is 14.4 Å². The summed E-state index contributed by atoms with van der Waals surface area (Å²) in [5.41, 5.74) is 0.558. The number of imide groups is 1. The summed E-state index contributed by atoms with van der Waals surface area (Å²) in [6.07, 6.45) is 3.66. The number of rotatable bonds is 1. The molecule has 4 aliphatic rings. The van der Waals surface area contributed by atoms with Gasteiger partial charge in [-0.15, -0.1) is 0 Å². The molecule has 0 saturated carbocycles. The SMILES string of the molecule is CN1C(=O)C2C=CC1C1C(=O)N(c3ccc(Br)cc3)C(=O)C21. The van der Waals surface area contributed by atoms with E-state index in [0.29, 0.717) is 5.69 Å². The van der Waals surface area contributed by atoms with Crippen LogP contribution in [-0.4, -0.2) is 35.7 Å². The van der Waals surface area contributed by atoms with Crippen LogP contribution in [0, 0.1) is 17.8 Å². The van der Waals surface area contributed by atoms with Gasteiger partial charge in [-0.1, -0.05) is 28.1 Å². The molecule has 2 fully saturated rings. The van der Waals surface area contributed by atoms with Crippen LogP contribution in [0.3, 0.4) is 0 Å². The number of carbonyl (C=O) groups is 3. The summed E-state index contributed by atoms with van der Waals surface area (Å²) in [5.74, 6) is -2.10. The van der Waals surface area contributed by atoms with Crippen molar-refractivity contribution >= 4 is 39.3 Å². The molecule has 112 valence electrons. The number of piperidine rings is 1. The van der Waals surface area contributed by atoms with Crippen LogP contribution in [-0.2, 0) is 14.4 Å². The fraction of sp³-hybridized carbons (Fsp3) is 0.312. The molecule has 2 saturated heterocycles. The third-order valence-electron chi connectivity index (χ3n) is 4.83. The fourth-order valence-corrected chi connectivity index (χ4v) is 4.02. The molecule has 3 heterocycles. The number of likely N-dealkylation sites (N-methyl/N-ethyl adjacent to an activating group) is 1. The molecule has 0 N–H and O–H groups in total. The van der Waals surface area contributed by atoms with Crippen molar-refractivity contribution in [2.45, 2.75) is 6.04 Å². The molecule has 0 aromatic heterocycles. The summed E-state index contributed by atoms with van der Waals surface area (Å²) in [6.45, 7) is 0. The van der Waals surface area contributed by atoms with E-state index >= 15 is 0 Å². The third-order valence-corrected chi connectivity index (χ3v) is 5.36. The normalized spacial score (nSPS) is 32.9. The average molecular weight is 361 g/mol. The maximum absolute atomic E-state index is 12.8. The van der Waals surface area contributed by atoms with Crippen LogP contribution < -0.4 is 4.90 Å². The van der Waals surface area contributed by atoms with Crippen LogP contribution >= 0.6 is 15.9 Å². The summed E-state index contributed by atoms with van der Waals surface area (Å²) in [7, 11) is 1.69. The molecule has 22 heavy (non-hydrogen) atoms. The Kier molecular flexibility index (Phi) is 2.81. The van der Waals surface area contributed by atoms with Gasteiger partial charge in [0.1, 0.15) is 0 Å². The lowest BCUT2D eigenvalue weighted by molar-refractivity contribution is -0.148. The zero-order chi connectivity index (χ0) is 15.6. The minimum Gasteiger partial charge on any atom is -0.338 e. The summed E-state index contributed by atoms with van der Waals surface area (Å²) in [4.78, 5) is 40.6. The van der Waals surface area contributed by atoms with E-state index in [1.54, 1.807) is 42.3 Å². The number of benzene rings is 1. The Hall–Kier alpha value is -1.95. The predicted octanol–water partition coefficient (Wildman–Crippen LogP) is 1.58. The van der Waals surface area contributed by atoms with Gasteiger partial charge in [0.15, 0.2) is 0 Å². The van der Waals surface area contributed by atoms with E-state index < -0.39 is 17.8 Å². The highest BCUT2D eigenvalue weighted by molar-refractivity contribution is 9.10. The second-order valence-corrected chi connectivity index (χ2v) is 6.81. The Morgan fingerprint density at radius 1 is 0.909 bits per heavy atom. The second kappa shape index (κ2) is 4.52. The molecule has 3 aliphatic heterocycles. The summed E-state index contributed by atoms with van der Waals surface area (Å²) in [6, 6.07) is 6.74. The number of nitrogens with zero attached hydrogens (tertiary/aromatic N) is 2. The Labute approximate surface area is 135 Å². The first-order valence-electron chi connectivity index (χ1n) is 7.09. The first-order chi connectivity index (χ1) is 10.5. The van der Waals surface area contributed by atoms with Gasteiger partial charge in [-0.05, 0) is 24.3 Å². The Bertz CT molecular complexity index is 727. The van der Waals surface area contributed by atoms with E-state index in [9.17, 15) is 14.4 Å². The highest BCUT2D eigenvalue weighted by atomic mass is 79.9. The van der Waals surface area contributed by atoms with Gasteiger partial charge in [0.25, 0.3) is 0 Å². The molecule has 0 radical (unpaired) electrons. The quantitative estimate of drug-likeness (QED) is 0.564. The van der Waals surface area contributed by atoms with E-state index in [4.69, 9.17) is 0 Å². The highest BCUT2D eigenvalue weighted by Crippen LogP contribution is 2.46. The lowest BCUT2D eigenvalue weighted by Crippen LogP contribution is -2.57. The number of anilines is 1. The smallest absolute Gasteiger partial charge is 0.240 e. The van der Waals surface area contributed by atoms with Crippen LogP contribution in [0.1, 0.15) is 0 Å². The number of amides is 3. The zero-order valence-corrected chi connectivity index (χ0v) is 13.4. The number of hydrogen-bond donors (Lipinski definition) is 0. The Balaban J connectivity index is 1.78. The van der Waals surface area contributed by atoms with Gasteiger partial charge in [0.05, 0.1) is 29.5 Å². The first-order valence-corrected chi connectivity index (χ1v) is 7.88. The number of carbonyl (C=O) groups excluding carboxylic acids is 3. The van der Waals surface area contributed by atoms with E-state index in [2.05, 4.69) is 15.9 Å². The van der Waals surface area contributed by atoms with Crippen LogP contribution in [0.5, 0.6) is 0 Å². The lowest BCUT2D eigenvalue weighted by Gasteiger charge is -2.44. The standard InChI is InChI=1S/C16H13BrN2O3/c1-18-11-7-6-10(14(18)20)12-13(11)16(22)19(15(12)21)9-4-2-8(17)3-5-9/h2-7,10-13H,1H3. The van der Waals surface area contributed by atoms with Crippen molar-refractivity contribution in [3.8, 4) is 0 Å². The summed E-state index contributed by atoms with van der Waals surface area (Å²) >= 11 is 3.34. The van der Waals surface area contributed by atoms with Crippen LogP contribution in [0.25, 0.3) is 0 Å². The van der Waals surface area contributed by atoms with E-state index in [0.717, 1.165) is 4.47 Å². The largest absolute Gasteiger partial charge is 0.338 e. The zero-order valence-electron chi connectivity index (χ0n) is 11.8. The molecule has 4 unspecified atom stereocenters. The topological polar surface area (TPSA) is 57.7 Å². The summed E-state index contributed by atoms with van der Waals surface area (Å²) in [5, 5.41) is 0. The minimum absolute atomic E-state index is 0.0763. The average Bonchev–Trinajstić information content (AvgIpc) is 2.78. The molecular weight excluding hydrogens is 348 g/mol. The van der Waals surface area contributed by atoms with E-state index in [-0.39, 0.29) is 23.8 Å². The maximum Gasteiger partial charge on any atom is 0.240 e. The predicted molar refractivity (Wildman–Crippen MR) is 82.8 cm³/mol. The molecule has 3 amide bonds. The molecule has 4 atom stereocenters. The second-order valence-electron chi connectivity index (χ2n) is 5.89. The van der Waals surface area contributed by atoms with E-state index in [1.165, 1.54) is 4.90 Å². The maximum atomic E-state index is 12.8. The molecule has 5 nitrogen and oxygen atoms in total. The van der Waals surface area contributed by atoms with Gasteiger partial charge < -0.3 is 4.90 Å². The molecular formula is C16H13BrN2O3. The monoisotopic (exact) mass is 360 g/mol. The van der Waals surface area contributed by atoms with Crippen molar-refractivity contribution in [3.05, 3.63) is 40.9 Å². The molecule has 1 aliphatic carbocycles. The van der Waals surface area contributed by atoms with Crippen molar-refractivity contribution in [3.63, 3.8) is 0 Å². The number of hydrogen-bond acceptors (Lipinski definition) is 3. The Morgan fingerprint density at radius 3 is 2.23 bits per heavy atom. The summed E-state index contributed by atoms with van der Waals surface area (Å²) < 4.78 is 0.879. The van der Waals surface area contributed by atoms with Gasteiger partial charge in [-0.2, -0.15) is 0 Å².